The van der Waals surface area contributed by atoms with E-state index >= 15 is 0 Å². The van der Waals surface area contributed by atoms with E-state index in [4.69, 9.17) is 25.8 Å². The lowest BCUT2D eigenvalue weighted by Crippen LogP contribution is -2.14. The Labute approximate surface area is 233 Å². The largest absolute Gasteiger partial charge is 0.489 e. The number of aromatic nitrogens is 1. The first kappa shape index (κ1) is 26.4. The van der Waals surface area contributed by atoms with E-state index in [0.717, 1.165) is 39.0 Å². The fraction of sp³-hybridized carbons (Fsp3) is 0.182. The van der Waals surface area contributed by atoms with E-state index in [1.807, 2.05) is 60.7 Å². The van der Waals surface area contributed by atoms with E-state index in [1.54, 1.807) is 6.92 Å². The summed E-state index contributed by atoms with van der Waals surface area (Å²) in [5, 5.41) is 1.84. The molecule has 0 unspecified atom stereocenters. The smallest absolute Gasteiger partial charge is 0.344 e. The molecule has 0 fully saturated rings. The molecule has 0 N–H and O–H groups in total. The molecule has 0 aliphatic heterocycles. The van der Waals surface area contributed by atoms with Crippen molar-refractivity contribution in [3.8, 4) is 22.8 Å². The number of carbonyl (C=O) groups excluding carboxylic acids is 1. The van der Waals surface area contributed by atoms with E-state index in [-0.39, 0.29) is 12.6 Å². The number of fused-ring (bicyclic) bond motifs is 1. The molecule has 0 saturated heterocycles. The van der Waals surface area contributed by atoms with Gasteiger partial charge in [0.15, 0.2) is 6.61 Å². The molecule has 4 aromatic carbocycles. The molecule has 0 amide bonds. The maximum Gasteiger partial charge on any atom is 0.344 e. The minimum absolute atomic E-state index is 0.107. The Morgan fingerprint density at radius 2 is 1.54 bits per heavy atom. The number of halogens is 1. The van der Waals surface area contributed by atoms with Crippen LogP contribution < -0.4 is 9.47 Å². The second kappa shape index (κ2) is 12.1. The molecule has 6 heteroatoms. The van der Waals surface area contributed by atoms with Gasteiger partial charge in [-0.3, -0.25) is 0 Å². The van der Waals surface area contributed by atoms with Gasteiger partial charge in [0.05, 0.1) is 12.3 Å². The van der Waals surface area contributed by atoms with E-state index in [2.05, 4.69) is 47.9 Å². The Morgan fingerprint density at radius 3 is 2.26 bits per heavy atom. The molecule has 5 rings (SSSR count). The number of nitrogens with zero attached hydrogens (tertiary/aromatic N) is 1. The minimum atomic E-state index is -0.379. The molecule has 0 aliphatic carbocycles. The Hall–Kier alpha value is -4.22. The van der Waals surface area contributed by atoms with Crippen LogP contribution in [0.5, 0.6) is 11.5 Å². The van der Waals surface area contributed by atoms with Gasteiger partial charge in [0, 0.05) is 22.5 Å². The summed E-state index contributed by atoms with van der Waals surface area (Å²) in [6.45, 7) is 5.32. The number of hydrogen-bond acceptors (Lipinski definition) is 4. The highest BCUT2D eigenvalue weighted by Crippen LogP contribution is 2.36. The van der Waals surface area contributed by atoms with Crippen LogP contribution in [0.25, 0.3) is 22.2 Å². The summed E-state index contributed by atoms with van der Waals surface area (Å²) in [7, 11) is 0. The van der Waals surface area contributed by atoms with Crippen molar-refractivity contribution in [2.45, 2.75) is 27.0 Å². The SMILES string of the molecule is CCOC(=O)COc1ccc(Cn2c(-c3ccc(Cl)cc3)c(C)c3cc(OCc4ccccc4)ccc32)cc1. The number of rotatable bonds is 10. The molecule has 0 atom stereocenters. The number of ether oxygens (including phenoxy) is 3. The number of hydrogen-bond donors (Lipinski definition) is 0. The van der Waals surface area contributed by atoms with Crippen molar-refractivity contribution in [1.29, 1.82) is 0 Å². The summed E-state index contributed by atoms with van der Waals surface area (Å²) in [5.74, 6) is 1.08. The lowest BCUT2D eigenvalue weighted by atomic mass is 10.1. The monoisotopic (exact) mass is 539 g/mol. The third kappa shape index (κ3) is 6.27. The molecule has 5 nitrogen and oxygen atoms in total. The highest BCUT2D eigenvalue weighted by atomic mass is 35.5. The zero-order valence-corrected chi connectivity index (χ0v) is 22.8. The van der Waals surface area contributed by atoms with Crippen LogP contribution in [0.15, 0.2) is 97.1 Å². The average Bonchev–Trinajstić information content (AvgIpc) is 3.23. The van der Waals surface area contributed by atoms with Gasteiger partial charge in [0.25, 0.3) is 0 Å². The zero-order valence-electron chi connectivity index (χ0n) is 22.0. The quantitative estimate of drug-likeness (QED) is 0.170. The van der Waals surface area contributed by atoms with Gasteiger partial charge in [-0.1, -0.05) is 66.2 Å². The molecule has 0 radical (unpaired) electrons. The van der Waals surface area contributed by atoms with Crippen LogP contribution >= 0.6 is 11.6 Å². The fourth-order valence-corrected chi connectivity index (χ4v) is 4.82. The Bertz CT molecular complexity index is 1560. The minimum Gasteiger partial charge on any atom is -0.489 e. The normalized spacial score (nSPS) is 10.9. The maximum absolute atomic E-state index is 11.6. The standard InChI is InChI=1S/C33H30ClNO4/c1-3-37-32(36)22-39-28-15-9-24(10-16-28)20-35-31-18-17-29(38-21-25-7-5-4-6-8-25)19-30(31)23(2)33(35)26-11-13-27(34)14-12-26/h4-19H,3,20-22H2,1-2H3. The number of esters is 1. The molecule has 0 aliphatic rings. The third-order valence-electron chi connectivity index (χ3n) is 6.58. The molecule has 1 aromatic heterocycles. The Kier molecular flexibility index (Phi) is 8.18. The number of aryl methyl sites for hydroxylation is 1. The van der Waals surface area contributed by atoms with Crippen molar-refractivity contribution in [2.24, 2.45) is 0 Å². The summed E-state index contributed by atoms with van der Waals surface area (Å²) < 4.78 is 19.0. The van der Waals surface area contributed by atoms with Gasteiger partial charge in [-0.05, 0) is 78.6 Å². The van der Waals surface area contributed by atoms with Crippen LogP contribution in [0.1, 0.15) is 23.6 Å². The van der Waals surface area contributed by atoms with Crippen molar-refractivity contribution >= 4 is 28.5 Å². The Balaban J connectivity index is 1.45. The summed E-state index contributed by atoms with van der Waals surface area (Å²) in [4.78, 5) is 11.6. The molecule has 5 aromatic rings. The number of carbonyl (C=O) groups is 1. The van der Waals surface area contributed by atoms with Gasteiger partial charge in [-0.25, -0.2) is 4.79 Å². The van der Waals surface area contributed by atoms with Crippen LogP contribution in [-0.2, 0) is 22.7 Å². The summed E-state index contributed by atoms with van der Waals surface area (Å²) in [5.41, 5.74) is 6.75. The lowest BCUT2D eigenvalue weighted by molar-refractivity contribution is -0.145. The Morgan fingerprint density at radius 1 is 0.821 bits per heavy atom. The fourth-order valence-electron chi connectivity index (χ4n) is 4.69. The summed E-state index contributed by atoms with van der Waals surface area (Å²) in [6.07, 6.45) is 0. The molecular formula is C33H30ClNO4. The van der Waals surface area contributed by atoms with Crippen molar-refractivity contribution in [3.63, 3.8) is 0 Å². The van der Waals surface area contributed by atoms with Crippen molar-refractivity contribution < 1.29 is 19.0 Å². The van der Waals surface area contributed by atoms with Crippen LogP contribution in [-0.4, -0.2) is 23.8 Å². The molecule has 0 bridgehead atoms. The maximum atomic E-state index is 11.6. The topological polar surface area (TPSA) is 49.7 Å². The predicted molar refractivity (Wildman–Crippen MR) is 156 cm³/mol. The second-order valence-corrected chi connectivity index (χ2v) is 9.69. The highest BCUT2D eigenvalue weighted by molar-refractivity contribution is 6.30. The van der Waals surface area contributed by atoms with Gasteiger partial charge in [0.1, 0.15) is 18.1 Å². The predicted octanol–water partition coefficient (Wildman–Crippen LogP) is 7.84. The lowest BCUT2D eigenvalue weighted by Gasteiger charge is -2.13. The van der Waals surface area contributed by atoms with Crippen molar-refractivity contribution in [3.05, 3.63) is 119 Å². The molecular weight excluding hydrogens is 510 g/mol. The van der Waals surface area contributed by atoms with E-state index < -0.39 is 0 Å². The second-order valence-electron chi connectivity index (χ2n) is 9.26. The summed E-state index contributed by atoms with van der Waals surface area (Å²) in [6, 6.07) is 32.2. The van der Waals surface area contributed by atoms with E-state index in [1.165, 1.54) is 5.56 Å². The van der Waals surface area contributed by atoms with Gasteiger partial charge in [-0.2, -0.15) is 0 Å². The van der Waals surface area contributed by atoms with Gasteiger partial charge < -0.3 is 18.8 Å². The zero-order chi connectivity index (χ0) is 27.2. The van der Waals surface area contributed by atoms with Crippen LogP contribution in [0.3, 0.4) is 0 Å². The van der Waals surface area contributed by atoms with E-state index in [0.29, 0.717) is 30.5 Å². The van der Waals surface area contributed by atoms with Gasteiger partial charge in [0.2, 0.25) is 0 Å². The van der Waals surface area contributed by atoms with Gasteiger partial charge >= 0.3 is 5.97 Å². The first-order valence-electron chi connectivity index (χ1n) is 12.9. The molecule has 0 spiro atoms. The van der Waals surface area contributed by atoms with Crippen LogP contribution in [0.4, 0.5) is 0 Å². The molecule has 39 heavy (non-hydrogen) atoms. The summed E-state index contributed by atoms with van der Waals surface area (Å²) >= 11 is 6.21. The third-order valence-corrected chi connectivity index (χ3v) is 6.83. The van der Waals surface area contributed by atoms with E-state index in [9.17, 15) is 4.79 Å². The molecule has 1 heterocycles. The first-order valence-corrected chi connectivity index (χ1v) is 13.3. The van der Waals surface area contributed by atoms with Crippen molar-refractivity contribution in [2.75, 3.05) is 13.2 Å². The van der Waals surface area contributed by atoms with Gasteiger partial charge in [-0.15, -0.1) is 0 Å². The van der Waals surface area contributed by atoms with Crippen LogP contribution in [0, 0.1) is 6.92 Å². The van der Waals surface area contributed by atoms with Crippen LogP contribution in [0.2, 0.25) is 5.02 Å². The first-order chi connectivity index (χ1) is 19.0. The highest BCUT2D eigenvalue weighted by Gasteiger charge is 2.17. The molecule has 198 valence electrons. The van der Waals surface area contributed by atoms with Crippen molar-refractivity contribution in [1.82, 2.24) is 4.57 Å². The average molecular weight is 540 g/mol. The number of benzene rings is 4. The molecule has 0 saturated carbocycles.